The molecule has 0 saturated carbocycles. The fourth-order valence-corrected chi connectivity index (χ4v) is 1.71. The summed E-state index contributed by atoms with van der Waals surface area (Å²) in [6, 6.07) is 6.27. The fraction of sp³-hybridized carbons (Fsp3) is 0.500. The van der Waals surface area contributed by atoms with Crippen molar-refractivity contribution in [2.24, 2.45) is 5.73 Å². The molecule has 0 aromatic heterocycles. The van der Waals surface area contributed by atoms with Crippen LogP contribution in [0.25, 0.3) is 0 Å². The largest absolute Gasteiger partial charge is 0.494 e. The molecule has 3 amide bonds. The van der Waals surface area contributed by atoms with Crippen molar-refractivity contribution < 1.29 is 19.1 Å². The summed E-state index contributed by atoms with van der Waals surface area (Å²) in [5, 5.41) is 2.64. The van der Waals surface area contributed by atoms with Crippen molar-refractivity contribution in [2.75, 3.05) is 25.0 Å². The van der Waals surface area contributed by atoms with Crippen molar-refractivity contribution in [1.82, 2.24) is 4.90 Å². The van der Waals surface area contributed by atoms with Crippen molar-refractivity contribution in [2.45, 2.75) is 33.3 Å². The molecule has 0 saturated heterocycles. The Bertz CT molecular complexity index is 523. The normalized spacial score (nSPS) is 10.8. The summed E-state index contributed by atoms with van der Waals surface area (Å²) in [5.41, 5.74) is 5.32. The molecule has 1 aromatic carbocycles. The first-order valence-electron chi connectivity index (χ1n) is 7.51. The Morgan fingerprint density at radius 2 is 1.83 bits per heavy atom. The summed E-state index contributed by atoms with van der Waals surface area (Å²) < 4.78 is 10.5. The number of carbonyl (C=O) groups is 2. The second-order valence-corrected chi connectivity index (χ2v) is 5.81. The number of imide groups is 1. The van der Waals surface area contributed by atoms with Crippen LogP contribution in [0.5, 0.6) is 5.75 Å². The first kappa shape index (κ1) is 18.8. The van der Waals surface area contributed by atoms with E-state index in [9.17, 15) is 9.59 Å². The lowest BCUT2D eigenvalue weighted by Gasteiger charge is -2.26. The predicted octanol–water partition coefficient (Wildman–Crippen LogP) is 2.81. The maximum Gasteiger partial charge on any atom is 0.418 e. The van der Waals surface area contributed by atoms with Crippen molar-refractivity contribution in [3.63, 3.8) is 0 Å². The number of carbonyl (C=O) groups excluding carboxylic acids is 2. The average Bonchev–Trinajstić information content (AvgIpc) is 2.45. The monoisotopic (exact) mass is 323 g/mol. The highest BCUT2D eigenvalue weighted by molar-refractivity contribution is 5.99. The molecule has 0 atom stereocenters. The maximum atomic E-state index is 12.3. The Balaban J connectivity index is 2.75. The molecule has 7 heteroatoms. The van der Waals surface area contributed by atoms with Crippen LogP contribution < -0.4 is 15.8 Å². The zero-order valence-electron chi connectivity index (χ0n) is 14.1. The van der Waals surface area contributed by atoms with Crippen LogP contribution in [-0.2, 0) is 4.74 Å². The van der Waals surface area contributed by atoms with E-state index in [1.54, 1.807) is 45.0 Å². The van der Waals surface area contributed by atoms with E-state index in [1.807, 2.05) is 6.92 Å². The van der Waals surface area contributed by atoms with Gasteiger partial charge < -0.3 is 20.5 Å². The Kier molecular flexibility index (Phi) is 6.84. The topological polar surface area (TPSA) is 93.9 Å². The molecule has 23 heavy (non-hydrogen) atoms. The van der Waals surface area contributed by atoms with E-state index in [4.69, 9.17) is 15.2 Å². The van der Waals surface area contributed by atoms with Crippen LogP contribution in [0.1, 0.15) is 27.7 Å². The van der Waals surface area contributed by atoms with Gasteiger partial charge in [0.25, 0.3) is 0 Å². The molecule has 0 bridgehead atoms. The van der Waals surface area contributed by atoms with E-state index in [0.717, 1.165) is 4.90 Å². The predicted molar refractivity (Wildman–Crippen MR) is 88.6 cm³/mol. The van der Waals surface area contributed by atoms with Gasteiger partial charge in [-0.2, -0.15) is 0 Å². The summed E-state index contributed by atoms with van der Waals surface area (Å²) in [6.45, 7) is 7.87. The zero-order valence-corrected chi connectivity index (χ0v) is 14.1. The Labute approximate surface area is 136 Å². The summed E-state index contributed by atoms with van der Waals surface area (Å²) in [4.78, 5) is 25.3. The summed E-state index contributed by atoms with van der Waals surface area (Å²) in [7, 11) is 0. The lowest BCUT2D eigenvalue weighted by Crippen LogP contribution is -2.45. The minimum absolute atomic E-state index is 0.0672. The van der Waals surface area contributed by atoms with Crippen molar-refractivity contribution in [3.05, 3.63) is 24.3 Å². The van der Waals surface area contributed by atoms with Crippen LogP contribution in [0.15, 0.2) is 24.3 Å². The molecule has 1 aromatic rings. The van der Waals surface area contributed by atoms with Crippen LogP contribution in [0.2, 0.25) is 0 Å². The van der Waals surface area contributed by atoms with Crippen LogP contribution in [-0.4, -0.2) is 42.3 Å². The van der Waals surface area contributed by atoms with Gasteiger partial charge in [-0.15, -0.1) is 0 Å². The number of urea groups is 1. The third-order valence-electron chi connectivity index (χ3n) is 2.63. The Morgan fingerprint density at radius 3 is 2.30 bits per heavy atom. The zero-order chi connectivity index (χ0) is 17.5. The van der Waals surface area contributed by atoms with Gasteiger partial charge in [0.05, 0.1) is 6.61 Å². The second kappa shape index (κ2) is 8.38. The van der Waals surface area contributed by atoms with E-state index in [-0.39, 0.29) is 13.1 Å². The van der Waals surface area contributed by atoms with Gasteiger partial charge in [-0.3, -0.25) is 0 Å². The van der Waals surface area contributed by atoms with Gasteiger partial charge in [-0.1, -0.05) is 0 Å². The first-order chi connectivity index (χ1) is 10.8. The van der Waals surface area contributed by atoms with E-state index in [0.29, 0.717) is 18.0 Å². The number of nitrogens with one attached hydrogen (secondary N) is 1. The van der Waals surface area contributed by atoms with Crippen LogP contribution >= 0.6 is 0 Å². The average molecular weight is 323 g/mol. The minimum atomic E-state index is -0.730. The lowest BCUT2D eigenvalue weighted by molar-refractivity contribution is 0.0337. The van der Waals surface area contributed by atoms with E-state index in [2.05, 4.69) is 5.32 Å². The molecular weight excluding hydrogens is 298 g/mol. The first-order valence-corrected chi connectivity index (χ1v) is 7.51. The Hall–Kier alpha value is -2.28. The molecule has 3 N–H and O–H groups in total. The van der Waals surface area contributed by atoms with Crippen molar-refractivity contribution in [3.8, 4) is 5.75 Å². The molecule has 0 aliphatic heterocycles. The quantitative estimate of drug-likeness (QED) is 0.869. The molecule has 1 rings (SSSR count). The number of benzene rings is 1. The molecule has 0 aliphatic carbocycles. The fourth-order valence-electron chi connectivity index (χ4n) is 1.71. The molecule has 0 heterocycles. The highest BCUT2D eigenvalue weighted by Crippen LogP contribution is 2.17. The highest BCUT2D eigenvalue weighted by Gasteiger charge is 2.26. The number of amides is 3. The second-order valence-electron chi connectivity index (χ2n) is 5.81. The summed E-state index contributed by atoms with van der Waals surface area (Å²) in [5.74, 6) is 0.705. The third-order valence-corrected chi connectivity index (χ3v) is 2.63. The molecule has 0 aliphatic rings. The van der Waals surface area contributed by atoms with Crippen LogP contribution in [0, 0.1) is 0 Å². The van der Waals surface area contributed by atoms with Crippen LogP contribution in [0.4, 0.5) is 15.3 Å². The van der Waals surface area contributed by atoms with Gasteiger partial charge in [0.15, 0.2) is 0 Å². The van der Waals surface area contributed by atoms with Gasteiger partial charge in [-0.05, 0) is 52.0 Å². The van der Waals surface area contributed by atoms with Gasteiger partial charge >= 0.3 is 12.1 Å². The number of anilines is 1. The number of rotatable bonds is 5. The SMILES string of the molecule is CCOc1ccc(NC(=O)N(CCN)C(=O)OC(C)(C)C)cc1. The molecule has 128 valence electrons. The van der Waals surface area contributed by atoms with E-state index in [1.165, 1.54) is 0 Å². The standard InChI is InChI=1S/C16H25N3O4/c1-5-22-13-8-6-12(7-9-13)18-14(20)19(11-10-17)15(21)23-16(2,3)4/h6-9H,5,10-11,17H2,1-4H3,(H,18,20). The molecule has 0 unspecified atom stereocenters. The highest BCUT2D eigenvalue weighted by atomic mass is 16.6. The summed E-state index contributed by atoms with van der Waals surface area (Å²) >= 11 is 0. The van der Waals surface area contributed by atoms with Crippen LogP contribution in [0.3, 0.4) is 0 Å². The van der Waals surface area contributed by atoms with Gasteiger partial charge in [0, 0.05) is 18.8 Å². The summed E-state index contributed by atoms with van der Waals surface area (Å²) in [6.07, 6.45) is -0.730. The number of ether oxygens (including phenoxy) is 2. The molecule has 0 fully saturated rings. The Morgan fingerprint density at radius 1 is 1.22 bits per heavy atom. The smallest absolute Gasteiger partial charge is 0.418 e. The van der Waals surface area contributed by atoms with Gasteiger partial charge in [0.1, 0.15) is 11.4 Å². The number of nitrogens with zero attached hydrogens (tertiary/aromatic N) is 1. The number of hydrogen-bond acceptors (Lipinski definition) is 5. The van der Waals surface area contributed by atoms with E-state index >= 15 is 0 Å². The minimum Gasteiger partial charge on any atom is -0.494 e. The van der Waals surface area contributed by atoms with Crippen molar-refractivity contribution in [1.29, 1.82) is 0 Å². The molecule has 0 radical (unpaired) electrons. The molecule has 0 spiro atoms. The molecular formula is C16H25N3O4. The van der Waals surface area contributed by atoms with E-state index < -0.39 is 17.7 Å². The lowest BCUT2D eigenvalue weighted by atomic mass is 10.2. The van der Waals surface area contributed by atoms with Gasteiger partial charge in [0.2, 0.25) is 0 Å². The number of nitrogens with two attached hydrogens (primary N) is 1. The third kappa shape index (κ3) is 6.56. The number of hydrogen-bond donors (Lipinski definition) is 2. The van der Waals surface area contributed by atoms with Crippen molar-refractivity contribution >= 4 is 17.8 Å². The maximum absolute atomic E-state index is 12.3. The van der Waals surface area contributed by atoms with Gasteiger partial charge in [-0.25, -0.2) is 14.5 Å². The molecule has 7 nitrogen and oxygen atoms in total.